The van der Waals surface area contributed by atoms with E-state index in [0.29, 0.717) is 17.7 Å². The maximum absolute atomic E-state index is 12.2. The van der Waals surface area contributed by atoms with Gasteiger partial charge in [0.1, 0.15) is 11.9 Å². The van der Waals surface area contributed by atoms with Crippen LogP contribution in [0.5, 0.6) is 5.75 Å². The predicted molar refractivity (Wildman–Crippen MR) is 80.6 cm³/mol. The first kappa shape index (κ1) is 12.9. The van der Waals surface area contributed by atoms with E-state index in [2.05, 4.69) is 31.9 Å². The summed E-state index contributed by atoms with van der Waals surface area (Å²) in [5, 5.41) is 0. The Morgan fingerprint density at radius 3 is 2.68 bits per heavy atom. The highest BCUT2D eigenvalue weighted by molar-refractivity contribution is 9.10. The lowest BCUT2D eigenvalue weighted by atomic mass is 9.96. The van der Waals surface area contributed by atoms with E-state index in [4.69, 9.17) is 4.74 Å². The van der Waals surface area contributed by atoms with Gasteiger partial charge in [-0.25, -0.2) is 0 Å². The molecule has 4 heteroatoms. The quantitative estimate of drug-likeness (QED) is 0.700. The first-order chi connectivity index (χ1) is 9.15. The fourth-order valence-electron chi connectivity index (χ4n) is 2.21. The van der Waals surface area contributed by atoms with Gasteiger partial charge >= 0.3 is 0 Å². The summed E-state index contributed by atoms with van der Waals surface area (Å²) in [7, 11) is 0. The van der Waals surface area contributed by atoms with E-state index in [-0.39, 0.29) is 11.9 Å². The van der Waals surface area contributed by atoms with E-state index in [1.807, 2.05) is 42.5 Å². The summed E-state index contributed by atoms with van der Waals surface area (Å²) in [6.45, 7) is 0. The molecular formula is C15H10Br2O2. The van der Waals surface area contributed by atoms with Gasteiger partial charge in [-0.3, -0.25) is 4.79 Å². The molecule has 2 aromatic carbocycles. The van der Waals surface area contributed by atoms with Crippen molar-refractivity contribution in [3.63, 3.8) is 0 Å². The van der Waals surface area contributed by atoms with Crippen molar-refractivity contribution < 1.29 is 9.53 Å². The van der Waals surface area contributed by atoms with Crippen molar-refractivity contribution in [1.29, 1.82) is 0 Å². The minimum Gasteiger partial charge on any atom is -0.484 e. The Balaban J connectivity index is 2.00. The van der Waals surface area contributed by atoms with Crippen LogP contribution >= 0.6 is 31.9 Å². The molecule has 2 nitrogen and oxygen atoms in total. The van der Waals surface area contributed by atoms with Gasteiger partial charge in [0.2, 0.25) is 0 Å². The number of hydrogen-bond acceptors (Lipinski definition) is 2. The summed E-state index contributed by atoms with van der Waals surface area (Å²) in [6.07, 6.45) is 0.142. The van der Waals surface area contributed by atoms with Crippen molar-refractivity contribution in [2.75, 3.05) is 0 Å². The fraction of sp³-hybridized carbons (Fsp3) is 0.133. The summed E-state index contributed by atoms with van der Waals surface area (Å²) >= 11 is 6.88. The standard InChI is InChI=1S/C15H10Br2O2/c16-9-5-6-14-11(7-9)13(18)8-15(19-14)10-3-1-2-4-12(10)17/h1-7,15H,8H2. The number of ether oxygens (including phenoxy) is 1. The van der Waals surface area contributed by atoms with Crippen LogP contribution in [0.4, 0.5) is 0 Å². The molecule has 96 valence electrons. The van der Waals surface area contributed by atoms with Gasteiger partial charge in [0.05, 0.1) is 12.0 Å². The highest BCUT2D eigenvalue weighted by Crippen LogP contribution is 2.38. The second-order valence-electron chi connectivity index (χ2n) is 4.40. The van der Waals surface area contributed by atoms with E-state index in [1.165, 1.54) is 0 Å². The molecule has 0 bridgehead atoms. The van der Waals surface area contributed by atoms with Crippen LogP contribution in [0.15, 0.2) is 51.4 Å². The molecule has 0 radical (unpaired) electrons. The number of carbonyl (C=O) groups is 1. The van der Waals surface area contributed by atoms with Crippen LogP contribution in [0, 0.1) is 0 Å². The zero-order valence-electron chi connectivity index (χ0n) is 9.90. The zero-order chi connectivity index (χ0) is 13.4. The van der Waals surface area contributed by atoms with E-state index in [1.54, 1.807) is 0 Å². The van der Waals surface area contributed by atoms with Crippen LogP contribution in [0.1, 0.15) is 28.4 Å². The molecule has 1 aliphatic rings. The fourth-order valence-corrected chi connectivity index (χ4v) is 3.11. The van der Waals surface area contributed by atoms with Gasteiger partial charge < -0.3 is 4.74 Å². The third-order valence-electron chi connectivity index (χ3n) is 3.13. The van der Waals surface area contributed by atoms with Crippen molar-refractivity contribution in [2.45, 2.75) is 12.5 Å². The van der Waals surface area contributed by atoms with Crippen LogP contribution in [-0.2, 0) is 0 Å². The van der Waals surface area contributed by atoms with Crippen molar-refractivity contribution in [3.05, 3.63) is 62.5 Å². The summed E-state index contributed by atoms with van der Waals surface area (Å²) in [4.78, 5) is 12.2. The second kappa shape index (κ2) is 5.10. The molecule has 1 heterocycles. The molecule has 2 aromatic rings. The monoisotopic (exact) mass is 380 g/mol. The van der Waals surface area contributed by atoms with Crippen molar-refractivity contribution in [2.24, 2.45) is 0 Å². The Bertz CT molecular complexity index is 652. The molecule has 0 spiro atoms. The van der Waals surface area contributed by atoms with Gasteiger partial charge in [-0.05, 0) is 24.3 Å². The van der Waals surface area contributed by atoms with Gasteiger partial charge in [-0.15, -0.1) is 0 Å². The number of halogens is 2. The molecule has 0 saturated carbocycles. The minimum absolute atomic E-state index is 0.114. The summed E-state index contributed by atoms with van der Waals surface area (Å²) in [6, 6.07) is 13.4. The molecule has 0 aromatic heterocycles. The predicted octanol–water partition coefficient (Wildman–Crippen LogP) is 4.92. The van der Waals surface area contributed by atoms with Crippen molar-refractivity contribution >= 4 is 37.6 Å². The summed E-state index contributed by atoms with van der Waals surface area (Å²) < 4.78 is 7.81. The van der Waals surface area contributed by atoms with Gasteiger partial charge in [0.25, 0.3) is 0 Å². The lowest BCUT2D eigenvalue weighted by molar-refractivity contribution is 0.0849. The van der Waals surface area contributed by atoms with Crippen LogP contribution in [-0.4, -0.2) is 5.78 Å². The van der Waals surface area contributed by atoms with Crippen LogP contribution in [0.25, 0.3) is 0 Å². The van der Waals surface area contributed by atoms with Crippen molar-refractivity contribution in [3.8, 4) is 5.75 Å². The SMILES string of the molecule is O=C1CC(c2ccccc2Br)Oc2ccc(Br)cc21. The lowest BCUT2D eigenvalue weighted by Gasteiger charge is -2.26. The topological polar surface area (TPSA) is 26.3 Å². The van der Waals surface area contributed by atoms with Crippen LogP contribution in [0.3, 0.4) is 0 Å². The van der Waals surface area contributed by atoms with Gasteiger partial charge in [0, 0.05) is 14.5 Å². The maximum Gasteiger partial charge on any atom is 0.170 e. The first-order valence-corrected chi connectivity index (χ1v) is 7.47. The molecule has 0 amide bonds. The molecule has 0 saturated heterocycles. The number of ketones is 1. The summed E-state index contributed by atoms with van der Waals surface area (Å²) in [5.74, 6) is 0.767. The summed E-state index contributed by atoms with van der Waals surface area (Å²) in [5.41, 5.74) is 1.65. The second-order valence-corrected chi connectivity index (χ2v) is 6.17. The first-order valence-electron chi connectivity index (χ1n) is 5.89. The Hall–Kier alpha value is -1.13. The molecule has 3 rings (SSSR count). The van der Waals surface area contributed by atoms with Gasteiger partial charge in [-0.2, -0.15) is 0 Å². The molecule has 19 heavy (non-hydrogen) atoms. The van der Waals surface area contributed by atoms with E-state index < -0.39 is 0 Å². The average molecular weight is 382 g/mol. The number of fused-ring (bicyclic) bond motifs is 1. The van der Waals surface area contributed by atoms with E-state index in [0.717, 1.165) is 14.5 Å². The van der Waals surface area contributed by atoms with Crippen molar-refractivity contribution in [1.82, 2.24) is 0 Å². The molecule has 1 unspecified atom stereocenters. The molecular weight excluding hydrogens is 372 g/mol. The highest BCUT2D eigenvalue weighted by atomic mass is 79.9. The van der Waals surface area contributed by atoms with Crippen LogP contribution in [0.2, 0.25) is 0 Å². The van der Waals surface area contributed by atoms with E-state index >= 15 is 0 Å². The smallest absolute Gasteiger partial charge is 0.170 e. The third kappa shape index (κ3) is 2.47. The number of rotatable bonds is 1. The molecule has 0 aliphatic carbocycles. The molecule has 1 aliphatic heterocycles. The lowest BCUT2D eigenvalue weighted by Crippen LogP contribution is -2.20. The molecule has 0 N–H and O–H groups in total. The van der Waals surface area contributed by atoms with Gasteiger partial charge in [-0.1, -0.05) is 50.1 Å². The number of Topliss-reactive ketones (excluding diaryl/α,β-unsaturated/α-hetero) is 1. The molecule has 1 atom stereocenters. The number of benzene rings is 2. The minimum atomic E-state index is -0.225. The number of carbonyl (C=O) groups excluding carboxylic acids is 1. The van der Waals surface area contributed by atoms with Crippen LogP contribution < -0.4 is 4.74 Å². The molecule has 0 fully saturated rings. The Labute approximate surface area is 128 Å². The van der Waals surface area contributed by atoms with Gasteiger partial charge in [0.15, 0.2) is 5.78 Å². The normalized spacial score (nSPS) is 17.8. The Morgan fingerprint density at radius 2 is 1.89 bits per heavy atom. The zero-order valence-corrected chi connectivity index (χ0v) is 13.1. The highest BCUT2D eigenvalue weighted by Gasteiger charge is 2.28. The average Bonchev–Trinajstić information content (AvgIpc) is 2.40. The largest absolute Gasteiger partial charge is 0.484 e. The Morgan fingerprint density at radius 1 is 1.11 bits per heavy atom. The maximum atomic E-state index is 12.2. The Kier molecular flexibility index (Phi) is 3.46. The van der Waals surface area contributed by atoms with E-state index in [9.17, 15) is 4.79 Å². The number of hydrogen-bond donors (Lipinski definition) is 0. The third-order valence-corrected chi connectivity index (χ3v) is 4.35.